The number of hydrogen-bond donors (Lipinski definition) is 1. The Bertz CT molecular complexity index is 1120. The van der Waals surface area contributed by atoms with Gasteiger partial charge in [-0.15, -0.1) is 11.3 Å². The quantitative estimate of drug-likeness (QED) is 0.393. The Labute approximate surface area is 175 Å². The van der Waals surface area contributed by atoms with Crippen LogP contribution in [0, 0.1) is 6.92 Å². The fourth-order valence-corrected chi connectivity index (χ4v) is 4.26. The highest BCUT2D eigenvalue weighted by Gasteiger charge is 2.08. The van der Waals surface area contributed by atoms with Crippen LogP contribution in [-0.4, -0.2) is 18.7 Å². The van der Waals surface area contributed by atoms with Crippen LogP contribution in [0.25, 0.3) is 20.8 Å². The van der Waals surface area contributed by atoms with Crippen molar-refractivity contribution in [3.05, 3.63) is 71.8 Å². The molecule has 29 heavy (non-hydrogen) atoms. The Morgan fingerprint density at radius 2 is 1.79 bits per heavy atom. The van der Waals surface area contributed by atoms with Crippen LogP contribution in [0.1, 0.15) is 18.1 Å². The summed E-state index contributed by atoms with van der Waals surface area (Å²) in [6.45, 7) is 5.41. The molecule has 3 aromatic carbocycles. The lowest BCUT2D eigenvalue weighted by Gasteiger charge is -2.12. The molecule has 148 valence electrons. The van der Waals surface area contributed by atoms with Gasteiger partial charge in [-0.1, -0.05) is 12.1 Å². The lowest BCUT2D eigenvalue weighted by atomic mass is 10.1. The number of aryl methyl sites for hydroxylation is 1. The van der Waals surface area contributed by atoms with Gasteiger partial charge in [0.1, 0.15) is 5.01 Å². The number of methoxy groups -OCH3 is 1. The van der Waals surface area contributed by atoms with Gasteiger partial charge in [-0.25, -0.2) is 4.98 Å². The fourth-order valence-electron chi connectivity index (χ4n) is 3.19. The van der Waals surface area contributed by atoms with Crippen molar-refractivity contribution in [2.75, 3.05) is 19.0 Å². The van der Waals surface area contributed by atoms with Crippen molar-refractivity contribution in [1.29, 1.82) is 0 Å². The van der Waals surface area contributed by atoms with Gasteiger partial charge >= 0.3 is 0 Å². The molecule has 0 atom stereocenters. The first kappa shape index (κ1) is 19.3. The fraction of sp³-hybridized carbons (Fsp3) is 0.208. The second-order valence-corrected chi connectivity index (χ2v) is 7.87. The maximum atomic E-state index is 5.58. The molecule has 1 aromatic heterocycles. The Balaban J connectivity index is 1.45. The van der Waals surface area contributed by atoms with Crippen LogP contribution in [0.15, 0.2) is 60.7 Å². The van der Waals surface area contributed by atoms with Crippen molar-refractivity contribution in [3.63, 3.8) is 0 Å². The van der Waals surface area contributed by atoms with Gasteiger partial charge in [0.05, 0.1) is 23.9 Å². The van der Waals surface area contributed by atoms with E-state index in [1.807, 2.05) is 19.1 Å². The molecule has 4 nitrogen and oxygen atoms in total. The minimum atomic E-state index is 0.620. The van der Waals surface area contributed by atoms with Crippen LogP contribution < -0.4 is 14.8 Å². The highest BCUT2D eigenvalue weighted by Crippen LogP contribution is 2.32. The summed E-state index contributed by atoms with van der Waals surface area (Å²) in [5, 5.41) is 4.51. The third kappa shape index (κ3) is 4.35. The smallest absolute Gasteiger partial charge is 0.161 e. The third-order valence-corrected chi connectivity index (χ3v) is 5.77. The number of nitrogens with one attached hydrogen (secondary N) is 1. The third-order valence-electron chi connectivity index (χ3n) is 4.70. The molecule has 0 aliphatic heterocycles. The summed E-state index contributed by atoms with van der Waals surface area (Å²) < 4.78 is 12.2. The average Bonchev–Trinajstić information content (AvgIpc) is 3.16. The molecule has 0 saturated heterocycles. The second kappa shape index (κ2) is 8.53. The van der Waals surface area contributed by atoms with E-state index in [1.54, 1.807) is 18.4 Å². The van der Waals surface area contributed by atoms with Crippen LogP contribution in [-0.2, 0) is 6.54 Å². The Kier molecular flexibility index (Phi) is 5.67. The predicted molar refractivity (Wildman–Crippen MR) is 121 cm³/mol. The summed E-state index contributed by atoms with van der Waals surface area (Å²) in [4.78, 5) is 4.76. The first-order valence-corrected chi connectivity index (χ1v) is 10.5. The molecule has 0 aliphatic carbocycles. The molecule has 0 unspecified atom stereocenters. The van der Waals surface area contributed by atoms with E-state index in [9.17, 15) is 0 Å². The van der Waals surface area contributed by atoms with Crippen LogP contribution in [0.4, 0.5) is 5.69 Å². The molecule has 0 spiro atoms. The lowest BCUT2D eigenvalue weighted by Crippen LogP contribution is -2.01. The number of benzene rings is 3. The van der Waals surface area contributed by atoms with Gasteiger partial charge in [-0.05, 0) is 73.5 Å². The van der Waals surface area contributed by atoms with Gasteiger partial charge in [0.25, 0.3) is 0 Å². The molecule has 0 radical (unpaired) electrons. The number of rotatable bonds is 7. The number of nitrogens with zero attached hydrogens (tertiary/aromatic N) is 1. The maximum Gasteiger partial charge on any atom is 0.161 e. The van der Waals surface area contributed by atoms with E-state index in [0.717, 1.165) is 38.8 Å². The van der Waals surface area contributed by atoms with E-state index in [1.165, 1.54) is 10.3 Å². The van der Waals surface area contributed by atoms with E-state index in [4.69, 9.17) is 14.5 Å². The topological polar surface area (TPSA) is 43.4 Å². The van der Waals surface area contributed by atoms with Crippen LogP contribution >= 0.6 is 11.3 Å². The van der Waals surface area contributed by atoms with Crippen molar-refractivity contribution >= 4 is 27.2 Å². The van der Waals surface area contributed by atoms with Gasteiger partial charge in [-0.3, -0.25) is 0 Å². The predicted octanol–water partition coefficient (Wildman–Crippen LogP) is 6.29. The summed E-state index contributed by atoms with van der Waals surface area (Å²) in [5.74, 6) is 1.53. The maximum absolute atomic E-state index is 5.58. The highest BCUT2D eigenvalue weighted by molar-refractivity contribution is 7.21. The summed E-state index contributed by atoms with van der Waals surface area (Å²) in [7, 11) is 1.66. The minimum absolute atomic E-state index is 0.620. The van der Waals surface area contributed by atoms with Crippen LogP contribution in [0.2, 0.25) is 0 Å². The number of thiazole rings is 1. The number of hydrogen-bond acceptors (Lipinski definition) is 5. The second-order valence-electron chi connectivity index (χ2n) is 6.84. The molecule has 0 amide bonds. The molecule has 0 aliphatic rings. The summed E-state index contributed by atoms with van der Waals surface area (Å²) in [6.07, 6.45) is 0. The number of ether oxygens (including phenoxy) is 2. The molecular formula is C24H24N2O2S. The van der Waals surface area contributed by atoms with Crippen LogP contribution in [0.5, 0.6) is 11.5 Å². The molecule has 1 N–H and O–H groups in total. The molecule has 4 rings (SSSR count). The van der Waals surface area contributed by atoms with Crippen molar-refractivity contribution < 1.29 is 9.47 Å². The molecular weight excluding hydrogens is 380 g/mol. The lowest BCUT2D eigenvalue weighted by molar-refractivity contribution is 0.310. The van der Waals surface area contributed by atoms with Gasteiger partial charge in [0, 0.05) is 17.8 Å². The summed E-state index contributed by atoms with van der Waals surface area (Å²) >= 11 is 1.73. The Hall–Kier alpha value is -3.05. The minimum Gasteiger partial charge on any atom is -0.493 e. The monoisotopic (exact) mass is 404 g/mol. The zero-order valence-corrected chi connectivity index (χ0v) is 17.7. The number of aromatic nitrogens is 1. The molecule has 0 fully saturated rings. The molecule has 4 aromatic rings. The molecule has 0 saturated carbocycles. The summed E-state index contributed by atoms with van der Waals surface area (Å²) in [6, 6.07) is 20.8. The zero-order valence-electron chi connectivity index (χ0n) is 16.9. The van der Waals surface area contributed by atoms with Crippen LogP contribution in [0.3, 0.4) is 0 Å². The number of fused-ring (bicyclic) bond motifs is 1. The standard InChI is InChI=1S/C24H24N2O2S/c1-4-28-21-12-6-17(14-22(21)27-3)15-25-19-9-7-18(8-10-19)24-26-20-11-5-16(2)13-23(20)29-24/h5-14,25H,4,15H2,1-3H3. The Morgan fingerprint density at radius 1 is 0.966 bits per heavy atom. The van der Waals surface area contributed by atoms with E-state index in [0.29, 0.717) is 13.2 Å². The summed E-state index contributed by atoms with van der Waals surface area (Å²) in [5.41, 5.74) is 5.66. The van der Waals surface area contributed by atoms with E-state index < -0.39 is 0 Å². The molecule has 0 bridgehead atoms. The van der Waals surface area contributed by atoms with Crippen molar-refractivity contribution in [1.82, 2.24) is 4.98 Å². The highest BCUT2D eigenvalue weighted by atomic mass is 32.1. The van der Waals surface area contributed by atoms with E-state index in [2.05, 4.69) is 60.8 Å². The molecule has 1 heterocycles. The normalized spacial score (nSPS) is 10.9. The van der Waals surface area contributed by atoms with Gasteiger partial charge in [0.2, 0.25) is 0 Å². The largest absolute Gasteiger partial charge is 0.493 e. The first-order valence-electron chi connectivity index (χ1n) is 9.67. The first-order chi connectivity index (χ1) is 14.2. The van der Waals surface area contributed by atoms with Crippen molar-refractivity contribution in [3.8, 4) is 22.1 Å². The van der Waals surface area contributed by atoms with Gasteiger partial charge < -0.3 is 14.8 Å². The van der Waals surface area contributed by atoms with Crippen molar-refractivity contribution in [2.45, 2.75) is 20.4 Å². The van der Waals surface area contributed by atoms with Gasteiger partial charge in [0.15, 0.2) is 11.5 Å². The SMILES string of the molecule is CCOc1ccc(CNc2ccc(-c3nc4ccc(C)cc4s3)cc2)cc1OC. The van der Waals surface area contributed by atoms with E-state index >= 15 is 0 Å². The van der Waals surface area contributed by atoms with E-state index in [-0.39, 0.29) is 0 Å². The van der Waals surface area contributed by atoms with Crippen molar-refractivity contribution in [2.24, 2.45) is 0 Å². The Morgan fingerprint density at radius 3 is 2.55 bits per heavy atom. The van der Waals surface area contributed by atoms with Gasteiger partial charge in [-0.2, -0.15) is 0 Å². The zero-order chi connectivity index (χ0) is 20.2. The molecule has 5 heteroatoms. The average molecular weight is 405 g/mol. The number of anilines is 1.